The van der Waals surface area contributed by atoms with Crippen molar-refractivity contribution in [3.05, 3.63) is 30.1 Å². The van der Waals surface area contributed by atoms with E-state index in [9.17, 15) is 8.42 Å². The van der Waals surface area contributed by atoms with Crippen LogP contribution in [0.1, 0.15) is 18.4 Å². The second-order valence-electron chi connectivity index (χ2n) is 5.21. The molecule has 5 nitrogen and oxygen atoms in total. The van der Waals surface area contributed by atoms with Crippen molar-refractivity contribution in [2.75, 3.05) is 38.8 Å². The van der Waals surface area contributed by atoms with Crippen molar-refractivity contribution in [3.63, 3.8) is 0 Å². The van der Waals surface area contributed by atoms with Gasteiger partial charge in [-0.1, -0.05) is 6.07 Å². The Kier molecular flexibility index (Phi) is 8.18. The Morgan fingerprint density at radius 1 is 1.24 bits per heavy atom. The first-order chi connectivity index (χ1) is 9.95. The maximum Gasteiger partial charge on any atom is 0.214 e. The fourth-order valence-electron chi connectivity index (χ4n) is 1.83. The highest BCUT2D eigenvalue weighted by molar-refractivity contribution is 7.89. The van der Waals surface area contributed by atoms with Crippen LogP contribution in [0, 0.1) is 0 Å². The molecule has 1 aromatic heterocycles. The maximum atomic E-state index is 12.5. The van der Waals surface area contributed by atoms with Gasteiger partial charge in [-0.25, -0.2) is 8.42 Å². The number of rotatable bonds is 10. The Hall–Kier alpha value is -0.690. The van der Waals surface area contributed by atoms with Crippen molar-refractivity contribution in [2.45, 2.75) is 19.4 Å². The minimum atomic E-state index is -3.27. The monoisotopic (exact) mass is 333 g/mol. The summed E-state index contributed by atoms with van der Waals surface area (Å²) < 4.78 is 26.5. The molecule has 0 aliphatic heterocycles. The molecule has 0 radical (unpaired) electrons. The van der Waals surface area contributed by atoms with Gasteiger partial charge in [-0.2, -0.15) is 4.31 Å². The molecule has 0 N–H and O–H groups in total. The van der Waals surface area contributed by atoms with Crippen LogP contribution in [0.25, 0.3) is 0 Å². The summed E-state index contributed by atoms with van der Waals surface area (Å²) in [5.41, 5.74) is 0.900. The first-order valence-electron chi connectivity index (χ1n) is 7.03. The molecule has 0 atom stereocenters. The van der Waals surface area contributed by atoms with Crippen LogP contribution in [0.5, 0.6) is 0 Å². The van der Waals surface area contributed by atoms with E-state index in [0.29, 0.717) is 31.9 Å². The van der Waals surface area contributed by atoms with Crippen molar-refractivity contribution in [1.82, 2.24) is 14.2 Å². The number of aromatic nitrogens is 1. The van der Waals surface area contributed by atoms with Crippen LogP contribution in [0.15, 0.2) is 24.5 Å². The molecule has 0 spiro atoms. The number of pyridine rings is 1. The van der Waals surface area contributed by atoms with E-state index < -0.39 is 10.0 Å². The summed E-state index contributed by atoms with van der Waals surface area (Å²) in [6, 6.07) is 3.71. The first kappa shape index (κ1) is 18.4. The third-order valence-electron chi connectivity index (χ3n) is 3.06. The molecule has 1 aromatic rings. The molecule has 120 valence electrons. The molecular formula is C14H24ClN3O2S. The minimum absolute atomic E-state index is 0.146. The molecule has 0 saturated heterocycles. The third kappa shape index (κ3) is 7.22. The van der Waals surface area contributed by atoms with Crippen molar-refractivity contribution >= 4 is 21.6 Å². The zero-order valence-electron chi connectivity index (χ0n) is 12.7. The van der Waals surface area contributed by atoms with Gasteiger partial charge in [-0.3, -0.25) is 4.98 Å². The summed E-state index contributed by atoms with van der Waals surface area (Å²) >= 11 is 5.62. The Balaban J connectivity index is 2.75. The lowest BCUT2D eigenvalue weighted by molar-refractivity contribution is 0.329. The first-order valence-corrected chi connectivity index (χ1v) is 9.17. The van der Waals surface area contributed by atoms with Gasteiger partial charge in [0.25, 0.3) is 0 Å². The molecule has 7 heteroatoms. The summed E-state index contributed by atoms with van der Waals surface area (Å²) in [4.78, 5) is 6.02. The predicted molar refractivity (Wildman–Crippen MR) is 86.9 cm³/mol. The number of halogens is 1. The van der Waals surface area contributed by atoms with E-state index >= 15 is 0 Å². The van der Waals surface area contributed by atoms with E-state index in [1.54, 1.807) is 12.4 Å². The van der Waals surface area contributed by atoms with E-state index in [0.717, 1.165) is 12.0 Å². The SMILES string of the molecule is CN(C)CCN(Cc1cccnc1)S(=O)(=O)CCCCCl. The largest absolute Gasteiger partial charge is 0.308 e. The highest BCUT2D eigenvalue weighted by Gasteiger charge is 2.21. The molecule has 21 heavy (non-hydrogen) atoms. The number of likely N-dealkylation sites (N-methyl/N-ethyl adjacent to an activating group) is 1. The van der Waals surface area contributed by atoms with Gasteiger partial charge in [0.2, 0.25) is 10.0 Å². The Bertz CT molecular complexity index is 494. The highest BCUT2D eigenvalue weighted by atomic mass is 35.5. The van der Waals surface area contributed by atoms with Crippen LogP contribution in [-0.4, -0.2) is 61.4 Å². The van der Waals surface area contributed by atoms with Gasteiger partial charge in [-0.15, -0.1) is 11.6 Å². The summed E-state index contributed by atoms with van der Waals surface area (Å²) in [6.45, 7) is 1.53. The van der Waals surface area contributed by atoms with Crippen LogP contribution in [0.4, 0.5) is 0 Å². The number of alkyl halides is 1. The highest BCUT2D eigenvalue weighted by Crippen LogP contribution is 2.11. The topological polar surface area (TPSA) is 53.5 Å². The average Bonchev–Trinajstić information content (AvgIpc) is 2.44. The molecule has 0 aliphatic carbocycles. The van der Waals surface area contributed by atoms with Gasteiger partial charge < -0.3 is 4.90 Å². The molecule has 1 heterocycles. The Morgan fingerprint density at radius 2 is 2.00 bits per heavy atom. The summed E-state index contributed by atoms with van der Waals surface area (Å²) in [5.74, 6) is 0.642. The van der Waals surface area contributed by atoms with Crippen molar-refractivity contribution in [2.24, 2.45) is 0 Å². The fourth-order valence-corrected chi connectivity index (χ4v) is 3.55. The molecule has 0 fully saturated rings. The van der Waals surface area contributed by atoms with E-state index in [4.69, 9.17) is 11.6 Å². The molecule has 0 amide bonds. The van der Waals surface area contributed by atoms with Crippen LogP contribution in [0.2, 0.25) is 0 Å². The number of hydrogen-bond acceptors (Lipinski definition) is 4. The van der Waals surface area contributed by atoms with E-state index in [1.165, 1.54) is 4.31 Å². The van der Waals surface area contributed by atoms with E-state index in [2.05, 4.69) is 4.98 Å². The van der Waals surface area contributed by atoms with E-state index in [-0.39, 0.29) is 5.75 Å². The lowest BCUT2D eigenvalue weighted by Crippen LogP contribution is -2.37. The normalized spacial score (nSPS) is 12.2. The molecule has 0 saturated carbocycles. The zero-order chi connectivity index (χ0) is 15.7. The second kappa shape index (κ2) is 9.35. The van der Waals surface area contributed by atoms with Crippen molar-refractivity contribution in [1.29, 1.82) is 0 Å². The molecule has 0 aromatic carbocycles. The van der Waals surface area contributed by atoms with Gasteiger partial charge in [-0.05, 0) is 38.6 Å². The number of nitrogens with zero attached hydrogens (tertiary/aromatic N) is 3. The standard InChI is InChI=1S/C14H24ClN3O2S/c1-17(2)9-10-18(13-14-6-5-8-16-12-14)21(19,20)11-4-3-7-15/h5-6,8,12H,3-4,7,9-11,13H2,1-2H3. The summed E-state index contributed by atoms with van der Waals surface area (Å²) in [5, 5.41) is 0. The third-order valence-corrected chi connectivity index (χ3v) is 5.23. The summed E-state index contributed by atoms with van der Waals surface area (Å²) in [6.07, 6.45) is 4.70. The molecule has 0 bridgehead atoms. The maximum absolute atomic E-state index is 12.5. The van der Waals surface area contributed by atoms with Crippen molar-refractivity contribution < 1.29 is 8.42 Å². The zero-order valence-corrected chi connectivity index (χ0v) is 14.3. The average molecular weight is 334 g/mol. The van der Waals surface area contributed by atoms with Gasteiger partial charge in [0.05, 0.1) is 5.75 Å². The number of hydrogen-bond donors (Lipinski definition) is 0. The smallest absolute Gasteiger partial charge is 0.214 e. The van der Waals surface area contributed by atoms with Crippen LogP contribution in [-0.2, 0) is 16.6 Å². The lowest BCUT2D eigenvalue weighted by atomic mass is 10.3. The summed E-state index contributed by atoms with van der Waals surface area (Å²) in [7, 11) is 0.598. The Labute approximate surface area is 133 Å². The van der Waals surface area contributed by atoms with Crippen molar-refractivity contribution in [3.8, 4) is 0 Å². The molecule has 0 aliphatic rings. The Morgan fingerprint density at radius 3 is 2.57 bits per heavy atom. The molecule has 0 unspecified atom stereocenters. The molecule has 1 rings (SSSR count). The van der Waals surface area contributed by atoms with Gasteiger partial charge >= 0.3 is 0 Å². The quantitative estimate of drug-likeness (QED) is 0.484. The van der Waals surface area contributed by atoms with Crippen LogP contribution >= 0.6 is 11.6 Å². The number of unbranched alkanes of at least 4 members (excludes halogenated alkanes) is 1. The number of sulfonamides is 1. The molecular weight excluding hydrogens is 310 g/mol. The van der Waals surface area contributed by atoms with Gasteiger partial charge in [0.1, 0.15) is 0 Å². The van der Waals surface area contributed by atoms with Gasteiger partial charge in [0, 0.05) is 37.9 Å². The van der Waals surface area contributed by atoms with Gasteiger partial charge in [0.15, 0.2) is 0 Å². The minimum Gasteiger partial charge on any atom is -0.308 e. The lowest BCUT2D eigenvalue weighted by Gasteiger charge is -2.23. The fraction of sp³-hybridized carbons (Fsp3) is 0.643. The van der Waals surface area contributed by atoms with E-state index in [1.807, 2.05) is 31.1 Å². The van der Waals surface area contributed by atoms with Crippen LogP contribution in [0.3, 0.4) is 0 Å². The van der Waals surface area contributed by atoms with Crippen LogP contribution < -0.4 is 0 Å². The predicted octanol–water partition coefficient (Wildman–Crippen LogP) is 1.79. The second-order valence-corrected chi connectivity index (χ2v) is 7.68.